The van der Waals surface area contributed by atoms with E-state index in [-0.39, 0.29) is 5.91 Å². The molecule has 0 radical (unpaired) electrons. The highest BCUT2D eigenvalue weighted by Gasteiger charge is 2.09. The SMILES string of the molecule is CNc1nc(C(=O)NCCCc2nc3ccccc3[nH]2)cs1. The number of amides is 1. The Kier molecular flexibility index (Phi) is 4.34. The van der Waals surface area contributed by atoms with E-state index in [4.69, 9.17) is 0 Å². The number of rotatable bonds is 6. The molecule has 2 heterocycles. The van der Waals surface area contributed by atoms with Crippen LogP contribution in [0.2, 0.25) is 0 Å². The zero-order valence-electron chi connectivity index (χ0n) is 12.2. The van der Waals surface area contributed by atoms with Gasteiger partial charge in [0.25, 0.3) is 5.91 Å². The van der Waals surface area contributed by atoms with Crippen molar-refractivity contribution in [1.82, 2.24) is 20.3 Å². The first kappa shape index (κ1) is 14.5. The molecule has 0 fully saturated rings. The van der Waals surface area contributed by atoms with E-state index < -0.39 is 0 Å². The number of aromatic amines is 1. The number of carbonyl (C=O) groups excluding carboxylic acids is 1. The molecule has 1 aromatic carbocycles. The maximum Gasteiger partial charge on any atom is 0.270 e. The third kappa shape index (κ3) is 3.25. The molecule has 0 aliphatic rings. The van der Waals surface area contributed by atoms with Crippen LogP contribution in [-0.2, 0) is 6.42 Å². The summed E-state index contributed by atoms with van der Waals surface area (Å²) in [5.74, 6) is 0.809. The minimum absolute atomic E-state index is 0.137. The number of hydrogen-bond donors (Lipinski definition) is 3. The van der Waals surface area contributed by atoms with E-state index in [1.54, 1.807) is 12.4 Å². The van der Waals surface area contributed by atoms with Crippen molar-refractivity contribution in [2.24, 2.45) is 0 Å². The first-order chi connectivity index (χ1) is 10.8. The van der Waals surface area contributed by atoms with Gasteiger partial charge in [0.2, 0.25) is 0 Å². The molecule has 0 bridgehead atoms. The first-order valence-corrected chi connectivity index (χ1v) is 7.99. The van der Waals surface area contributed by atoms with E-state index in [1.807, 2.05) is 24.3 Å². The minimum atomic E-state index is -0.137. The summed E-state index contributed by atoms with van der Waals surface area (Å²) < 4.78 is 0. The molecule has 0 saturated carbocycles. The number of aromatic nitrogens is 3. The maximum absolute atomic E-state index is 11.9. The van der Waals surface area contributed by atoms with Crippen LogP contribution in [0.15, 0.2) is 29.6 Å². The number of thiazole rings is 1. The van der Waals surface area contributed by atoms with Gasteiger partial charge in [-0.3, -0.25) is 4.79 Å². The molecule has 22 heavy (non-hydrogen) atoms. The topological polar surface area (TPSA) is 82.7 Å². The van der Waals surface area contributed by atoms with Gasteiger partial charge in [-0.05, 0) is 18.6 Å². The molecule has 0 aliphatic carbocycles. The lowest BCUT2D eigenvalue weighted by Crippen LogP contribution is -2.25. The van der Waals surface area contributed by atoms with Gasteiger partial charge in [0.15, 0.2) is 5.13 Å². The Hall–Kier alpha value is -2.41. The maximum atomic E-state index is 11.9. The van der Waals surface area contributed by atoms with Crippen LogP contribution in [0.3, 0.4) is 0 Å². The number of aryl methyl sites for hydroxylation is 1. The number of para-hydroxylation sites is 2. The Labute approximate surface area is 132 Å². The van der Waals surface area contributed by atoms with Gasteiger partial charge in [0.05, 0.1) is 11.0 Å². The quantitative estimate of drug-likeness (QED) is 0.610. The molecule has 0 atom stereocenters. The molecule has 7 heteroatoms. The number of hydrogen-bond acceptors (Lipinski definition) is 5. The molecular weight excluding hydrogens is 298 g/mol. The molecule has 0 spiro atoms. The van der Waals surface area contributed by atoms with Crippen molar-refractivity contribution in [3.63, 3.8) is 0 Å². The number of imidazole rings is 1. The van der Waals surface area contributed by atoms with Crippen LogP contribution >= 0.6 is 11.3 Å². The predicted octanol–water partition coefficient (Wildman–Crippen LogP) is 2.42. The molecule has 3 rings (SSSR count). The van der Waals surface area contributed by atoms with Crippen molar-refractivity contribution in [1.29, 1.82) is 0 Å². The Morgan fingerprint density at radius 1 is 1.32 bits per heavy atom. The second-order valence-corrected chi connectivity index (χ2v) is 5.71. The molecule has 6 nitrogen and oxygen atoms in total. The number of fused-ring (bicyclic) bond motifs is 1. The van der Waals surface area contributed by atoms with Crippen molar-refractivity contribution in [3.8, 4) is 0 Å². The molecule has 3 aromatic rings. The second-order valence-electron chi connectivity index (χ2n) is 4.85. The number of carbonyl (C=O) groups is 1. The molecule has 1 amide bonds. The molecule has 3 N–H and O–H groups in total. The summed E-state index contributed by atoms with van der Waals surface area (Å²) in [5.41, 5.74) is 2.48. The van der Waals surface area contributed by atoms with Crippen molar-refractivity contribution < 1.29 is 4.79 Å². The average Bonchev–Trinajstić information content (AvgIpc) is 3.17. The van der Waals surface area contributed by atoms with E-state index in [0.29, 0.717) is 12.2 Å². The van der Waals surface area contributed by atoms with Crippen LogP contribution in [0, 0.1) is 0 Å². The van der Waals surface area contributed by atoms with Gasteiger partial charge in [-0.15, -0.1) is 11.3 Å². The van der Waals surface area contributed by atoms with Crippen LogP contribution in [0.4, 0.5) is 5.13 Å². The first-order valence-electron chi connectivity index (χ1n) is 7.11. The molecule has 2 aromatic heterocycles. The summed E-state index contributed by atoms with van der Waals surface area (Å²) in [6.07, 6.45) is 1.63. The van der Waals surface area contributed by atoms with Crippen LogP contribution < -0.4 is 10.6 Å². The van der Waals surface area contributed by atoms with Gasteiger partial charge >= 0.3 is 0 Å². The Bertz CT molecular complexity index is 746. The highest BCUT2D eigenvalue weighted by Crippen LogP contribution is 2.14. The van der Waals surface area contributed by atoms with Crippen molar-refractivity contribution in [2.45, 2.75) is 12.8 Å². The fourth-order valence-corrected chi connectivity index (χ4v) is 2.82. The van der Waals surface area contributed by atoms with Crippen molar-refractivity contribution >= 4 is 33.4 Å². The number of nitrogens with zero attached hydrogens (tertiary/aromatic N) is 2. The monoisotopic (exact) mass is 315 g/mol. The fourth-order valence-electron chi connectivity index (χ4n) is 2.17. The third-order valence-corrected chi connectivity index (χ3v) is 4.12. The predicted molar refractivity (Wildman–Crippen MR) is 88.4 cm³/mol. The lowest BCUT2D eigenvalue weighted by molar-refractivity contribution is 0.0949. The van der Waals surface area contributed by atoms with Crippen molar-refractivity contribution in [2.75, 3.05) is 18.9 Å². The molecule has 0 unspecified atom stereocenters. The lowest BCUT2D eigenvalue weighted by Gasteiger charge is -2.01. The molecular formula is C15H17N5OS. The van der Waals surface area contributed by atoms with E-state index in [0.717, 1.165) is 34.8 Å². The third-order valence-electron chi connectivity index (χ3n) is 3.27. The van der Waals surface area contributed by atoms with Crippen LogP contribution in [0.5, 0.6) is 0 Å². The largest absolute Gasteiger partial charge is 0.365 e. The Balaban J connectivity index is 1.47. The number of anilines is 1. The summed E-state index contributed by atoms with van der Waals surface area (Å²) in [4.78, 5) is 23.9. The van der Waals surface area contributed by atoms with E-state index >= 15 is 0 Å². The number of H-pyrrole nitrogens is 1. The normalized spacial score (nSPS) is 10.8. The van der Waals surface area contributed by atoms with Gasteiger partial charge in [0.1, 0.15) is 11.5 Å². The zero-order valence-corrected chi connectivity index (χ0v) is 13.0. The van der Waals surface area contributed by atoms with Crippen LogP contribution in [0.1, 0.15) is 22.7 Å². The fraction of sp³-hybridized carbons (Fsp3) is 0.267. The molecule has 0 saturated heterocycles. The summed E-state index contributed by atoms with van der Waals surface area (Å²) in [5, 5.41) is 8.29. The molecule has 114 valence electrons. The zero-order chi connectivity index (χ0) is 15.4. The lowest BCUT2D eigenvalue weighted by atomic mass is 10.3. The number of nitrogens with one attached hydrogen (secondary N) is 3. The minimum Gasteiger partial charge on any atom is -0.365 e. The second kappa shape index (κ2) is 6.57. The highest BCUT2D eigenvalue weighted by atomic mass is 32.1. The van der Waals surface area contributed by atoms with E-state index in [2.05, 4.69) is 25.6 Å². The summed E-state index contributed by atoms with van der Waals surface area (Å²) in [6.45, 7) is 0.599. The van der Waals surface area contributed by atoms with Gasteiger partial charge in [-0.25, -0.2) is 9.97 Å². The Morgan fingerprint density at radius 2 is 2.18 bits per heavy atom. The van der Waals surface area contributed by atoms with Gasteiger partial charge in [0, 0.05) is 25.4 Å². The van der Waals surface area contributed by atoms with Gasteiger partial charge in [-0.2, -0.15) is 0 Å². The van der Waals surface area contributed by atoms with E-state index in [1.165, 1.54) is 11.3 Å². The van der Waals surface area contributed by atoms with Crippen LogP contribution in [0.25, 0.3) is 11.0 Å². The average molecular weight is 315 g/mol. The summed E-state index contributed by atoms with van der Waals surface area (Å²) in [6, 6.07) is 7.95. The smallest absolute Gasteiger partial charge is 0.270 e. The number of benzene rings is 1. The summed E-state index contributed by atoms with van der Waals surface area (Å²) >= 11 is 1.42. The highest BCUT2D eigenvalue weighted by molar-refractivity contribution is 7.13. The van der Waals surface area contributed by atoms with Gasteiger partial charge in [-0.1, -0.05) is 12.1 Å². The standard InChI is InChI=1S/C15H17N5OS/c1-16-15-20-12(9-22-15)14(21)17-8-4-7-13-18-10-5-2-3-6-11(10)19-13/h2-3,5-6,9H,4,7-8H2,1H3,(H,16,20)(H,17,21)(H,18,19). The van der Waals surface area contributed by atoms with Crippen LogP contribution in [-0.4, -0.2) is 34.5 Å². The Morgan fingerprint density at radius 3 is 2.95 bits per heavy atom. The van der Waals surface area contributed by atoms with Gasteiger partial charge < -0.3 is 15.6 Å². The molecule has 0 aliphatic heterocycles. The summed E-state index contributed by atoms with van der Waals surface area (Å²) in [7, 11) is 1.79. The van der Waals surface area contributed by atoms with E-state index in [9.17, 15) is 4.79 Å². The van der Waals surface area contributed by atoms with Crippen molar-refractivity contribution in [3.05, 3.63) is 41.2 Å².